The molecule has 0 fully saturated rings. The summed E-state index contributed by atoms with van der Waals surface area (Å²) in [6.45, 7) is 0. The number of halogens is 2. The van der Waals surface area contributed by atoms with Crippen LogP contribution in [0.1, 0.15) is 12.8 Å². The minimum Gasteiger partial charge on any atom is -0.291 e. The highest BCUT2D eigenvalue weighted by Crippen LogP contribution is 2.26. The van der Waals surface area contributed by atoms with E-state index in [1.807, 2.05) is 59.1 Å². The molecule has 1 aliphatic rings. The third-order valence-electron chi connectivity index (χ3n) is 6.59. The molecule has 7 aromatic rings. The number of imidazole rings is 2. The van der Waals surface area contributed by atoms with E-state index in [4.69, 9.17) is 0 Å². The molecule has 37 heavy (non-hydrogen) atoms. The van der Waals surface area contributed by atoms with Crippen LogP contribution in [0, 0.1) is 0 Å². The van der Waals surface area contributed by atoms with E-state index in [-0.39, 0.29) is 5.56 Å². The van der Waals surface area contributed by atoms with E-state index in [9.17, 15) is 4.79 Å². The molecule has 4 aromatic heterocycles. The second kappa shape index (κ2) is 8.64. The fourth-order valence-electron chi connectivity index (χ4n) is 4.96. The second-order valence-corrected chi connectivity index (χ2v) is 10.5. The van der Waals surface area contributed by atoms with Gasteiger partial charge in [0.2, 0.25) is 11.6 Å². The number of nitrogens with zero attached hydrogens (tertiary/aromatic N) is 5. The lowest BCUT2D eigenvalue weighted by Crippen LogP contribution is -2.29. The number of benzene rings is 3. The lowest BCUT2D eigenvalue weighted by molar-refractivity contribution is 1.06. The largest absolute Gasteiger partial charge is 0.291 e. The fraction of sp³-hybridized carbons (Fsp3) is 0.0714. The average Bonchev–Trinajstić information content (AvgIpc) is 3.47. The number of nitrogens with one attached hydrogen (secondary N) is 1. The van der Waals surface area contributed by atoms with Crippen molar-refractivity contribution in [3.63, 3.8) is 0 Å². The van der Waals surface area contributed by atoms with Crippen LogP contribution < -0.4 is 16.3 Å². The summed E-state index contributed by atoms with van der Waals surface area (Å²) in [6.07, 6.45) is 8.16. The highest BCUT2D eigenvalue weighted by atomic mass is 79.9. The van der Waals surface area contributed by atoms with Gasteiger partial charge in [-0.25, -0.2) is 15.0 Å². The van der Waals surface area contributed by atoms with E-state index in [2.05, 4.69) is 80.5 Å². The summed E-state index contributed by atoms with van der Waals surface area (Å²) in [5.74, 6) is 1.34. The first-order valence-electron chi connectivity index (χ1n) is 11.8. The Balaban J connectivity index is 0.000000125. The number of para-hydroxylation sites is 2. The molecule has 9 heteroatoms. The zero-order chi connectivity index (χ0) is 25.1. The molecule has 180 valence electrons. The van der Waals surface area contributed by atoms with Crippen LogP contribution in [0.3, 0.4) is 0 Å². The number of aromatic nitrogens is 6. The fourth-order valence-corrected chi connectivity index (χ4v) is 5.95. The van der Waals surface area contributed by atoms with Gasteiger partial charge in [0.05, 0.1) is 38.2 Å². The monoisotopic (exact) mass is 612 g/mol. The molecule has 7 nitrogen and oxygen atoms in total. The first-order chi connectivity index (χ1) is 18.1. The van der Waals surface area contributed by atoms with Gasteiger partial charge in [0.1, 0.15) is 0 Å². The molecule has 8 rings (SSSR count). The number of hydrogen-bond acceptors (Lipinski definition) is 4. The molecule has 0 saturated carbocycles. The molecule has 0 radical (unpaired) electrons. The van der Waals surface area contributed by atoms with E-state index < -0.39 is 0 Å². The molecular formula is C28H18Br2N6O. The number of fused-ring (bicyclic) bond motifs is 10. The SMILES string of the molecule is Brc1cccc2c1cnc1nc3ccccc3n12.O=c1[nH]c2nc3c(n2c2cccc(Br)c12)=CCCC=3. The topological polar surface area (TPSA) is 80.3 Å². The second-order valence-electron chi connectivity index (χ2n) is 8.78. The summed E-state index contributed by atoms with van der Waals surface area (Å²) in [7, 11) is 0. The Morgan fingerprint density at radius 3 is 2.43 bits per heavy atom. The maximum absolute atomic E-state index is 12.2. The van der Waals surface area contributed by atoms with Crippen LogP contribution in [0.15, 0.2) is 80.6 Å². The molecule has 3 aromatic carbocycles. The zero-order valence-electron chi connectivity index (χ0n) is 19.3. The van der Waals surface area contributed by atoms with Crippen LogP contribution in [0.4, 0.5) is 0 Å². The third-order valence-corrected chi connectivity index (χ3v) is 7.94. The van der Waals surface area contributed by atoms with Crippen molar-refractivity contribution in [3.05, 3.63) is 96.9 Å². The van der Waals surface area contributed by atoms with Crippen molar-refractivity contribution in [2.75, 3.05) is 0 Å². The minimum absolute atomic E-state index is 0.114. The van der Waals surface area contributed by atoms with Gasteiger partial charge in [-0.15, -0.1) is 0 Å². The van der Waals surface area contributed by atoms with Gasteiger partial charge in [-0.2, -0.15) is 0 Å². The van der Waals surface area contributed by atoms with Gasteiger partial charge in [0, 0.05) is 20.5 Å². The van der Waals surface area contributed by atoms with Crippen LogP contribution in [0.5, 0.6) is 0 Å². The van der Waals surface area contributed by atoms with Crippen LogP contribution in [-0.2, 0) is 0 Å². The van der Waals surface area contributed by atoms with Crippen molar-refractivity contribution in [1.29, 1.82) is 0 Å². The summed E-state index contributed by atoms with van der Waals surface area (Å²) in [4.78, 5) is 28.5. The van der Waals surface area contributed by atoms with Gasteiger partial charge in [0.15, 0.2) is 0 Å². The van der Waals surface area contributed by atoms with Crippen molar-refractivity contribution in [2.24, 2.45) is 0 Å². The number of hydrogen-bond donors (Lipinski definition) is 1. The smallest absolute Gasteiger partial charge is 0.261 e. The Morgan fingerprint density at radius 2 is 1.54 bits per heavy atom. The van der Waals surface area contributed by atoms with Gasteiger partial charge in [-0.3, -0.25) is 18.6 Å². The normalized spacial score (nSPS) is 12.9. The molecule has 4 heterocycles. The van der Waals surface area contributed by atoms with Crippen LogP contribution in [0.25, 0.3) is 56.5 Å². The summed E-state index contributed by atoms with van der Waals surface area (Å²) in [6, 6.07) is 20.0. The summed E-state index contributed by atoms with van der Waals surface area (Å²) in [5.41, 5.74) is 3.94. The highest BCUT2D eigenvalue weighted by molar-refractivity contribution is 9.11. The predicted octanol–water partition coefficient (Wildman–Crippen LogP) is 5.09. The Hall–Kier alpha value is -3.82. The quantitative estimate of drug-likeness (QED) is 0.258. The van der Waals surface area contributed by atoms with E-state index in [1.54, 1.807) is 0 Å². The number of aromatic amines is 1. The lowest BCUT2D eigenvalue weighted by atomic mass is 10.2. The van der Waals surface area contributed by atoms with E-state index >= 15 is 0 Å². The van der Waals surface area contributed by atoms with Gasteiger partial charge in [0.25, 0.3) is 5.56 Å². The zero-order valence-corrected chi connectivity index (χ0v) is 22.5. The van der Waals surface area contributed by atoms with Crippen molar-refractivity contribution >= 4 is 88.4 Å². The van der Waals surface area contributed by atoms with Crippen LogP contribution in [-0.4, -0.2) is 28.7 Å². The minimum atomic E-state index is -0.114. The highest BCUT2D eigenvalue weighted by Gasteiger charge is 2.12. The first kappa shape index (κ1) is 22.4. The molecule has 0 bridgehead atoms. The number of H-pyrrole nitrogens is 1. The van der Waals surface area contributed by atoms with E-state index in [0.29, 0.717) is 11.2 Å². The Kier molecular flexibility index (Phi) is 5.23. The van der Waals surface area contributed by atoms with Crippen LogP contribution >= 0.6 is 31.9 Å². The van der Waals surface area contributed by atoms with Crippen molar-refractivity contribution in [3.8, 4) is 0 Å². The first-order valence-corrected chi connectivity index (χ1v) is 13.4. The van der Waals surface area contributed by atoms with Crippen molar-refractivity contribution in [2.45, 2.75) is 12.8 Å². The molecule has 1 aliphatic carbocycles. The van der Waals surface area contributed by atoms with Gasteiger partial charge < -0.3 is 0 Å². The maximum atomic E-state index is 12.2. The molecule has 0 spiro atoms. The molecule has 0 amide bonds. The summed E-state index contributed by atoms with van der Waals surface area (Å²) < 4.78 is 5.96. The van der Waals surface area contributed by atoms with E-state index in [0.717, 1.165) is 65.7 Å². The standard InChI is InChI=1S/C14H10BrN3O.C14H8BrN3/c15-8-4-3-7-11-12(8)13(19)17-14-16-9-5-1-2-6-10(9)18(11)14;15-10-4-3-7-12-9(10)8-16-14-17-11-5-1-2-6-13(11)18(12)14/h3-7H,1-2H2,(H,16,17,19);1-8H. The summed E-state index contributed by atoms with van der Waals surface area (Å²) in [5, 5.41) is 3.78. The van der Waals surface area contributed by atoms with Gasteiger partial charge in [-0.05, 0) is 65.2 Å². The molecule has 1 N–H and O–H groups in total. The number of rotatable bonds is 0. The van der Waals surface area contributed by atoms with Gasteiger partial charge >= 0.3 is 0 Å². The van der Waals surface area contributed by atoms with Crippen molar-refractivity contribution < 1.29 is 0 Å². The lowest BCUT2D eigenvalue weighted by Gasteiger charge is -2.04. The Bertz CT molecular complexity index is 2210. The Labute approximate surface area is 226 Å². The van der Waals surface area contributed by atoms with Crippen LogP contribution in [0.2, 0.25) is 0 Å². The molecule has 0 aliphatic heterocycles. The molecule has 0 unspecified atom stereocenters. The summed E-state index contributed by atoms with van der Waals surface area (Å²) >= 11 is 7.01. The maximum Gasteiger partial charge on any atom is 0.261 e. The van der Waals surface area contributed by atoms with E-state index in [1.165, 1.54) is 0 Å². The van der Waals surface area contributed by atoms with Crippen molar-refractivity contribution in [1.82, 2.24) is 28.7 Å². The molecule has 0 atom stereocenters. The van der Waals surface area contributed by atoms with Gasteiger partial charge in [-0.1, -0.05) is 52.3 Å². The Morgan fingerprint density at radius 1 is 0.784 bits per heavy atom. The average molecular weight is 614 g/mol. The third kappa shape index (κ3) is 3.53. The predicted molar refractivity (Wildman–Crippen MR) is 154 cm³/mol. The molecule has 0 saturated heterocycles. The molecular weight excluding hydrogens is 596 g/mol.